The first-order valence-corrected chi connectivity index (χ1v) is 7.56. The summed E-state index contributed by atoms with van der Waals surface area (Å²) in [7, 11) is -0.407. The van der Waals surface area contributed by atoms with Crippen LogP contribution in [0.3, 0.4) is 0 Å². The summed E-state index contributed by atoms with van der Waals surface area (Å²) in [5.41, 5.74) is 8.07. The fourth-order valence-electron chi connectivity index (χ4n) is 2.51. The minimum atomic E-state index is -0.407. The van der Waals surface area contributed by atoms with Gasteiger partial charge in [-0.25, -0.2) is 0 Å². The topological polar surface area (TPSA) is 57.6 Å². The lowest BCUT2D eigenvalue weighted by Gasteiger charge is -2.32. The van der Waals surface area contributed by atoms with Gasteiger partial charge in [0.05, 0.1) is 17.5 Å². The molecule has 0 saturated carbocycles. The van der Waals surface area contributed by atoms with E-state index in [2.05, 4.69) is 6.07 Å². The summed E-state index contributed by atoms with van der Waals surface area (Å²) < 4.78 is 17.5. The number of fused-ring (bicyclic) bond motifs is 1. The quantitative estimate of drug-likeness (QED) is 0.882. The molecule has 116 valence electrons. The molecular formula is C17H22BNO3. The summed E-state index contributed by atoms with van der Waals surface area (Å²) >= 11 is 0. The van der Waals surface area contributed by atoms with Crippen molar-refractivity contribution < 1.29 is 13.7 Å². The van der Waals surface area contributed by atoms with E-state index in [4.69, 9.17) is 19.5 Å². The van der Waals surface area contributed by atoms with Crippen molar-refractivity contribution in [3.8, 4) is 0 Å². The molecule has 0 amide bonds. The molecule has 1 aliphatic rings. The fraction of sp³-hybridized carbons (Fsp3) is 0.412. The maximum atomic E-state index is 6.07. The van der Waals surface area contributed by atoms with Crippen molar-refractivity contribution in [1.82, 2.24) is 0 Å². The summed E-state index contributed by atoms with van der Waals surface area (Å²) in [6.07, 6.45) is 3.73. The highest BCUT2D eigenvalue weighted by molar-refractivity contribution is 6.55. The minimum Gasteiger partial charge on any atom is -0.464 e. The monoisotopic (exact) mass is 299 g/mol. The van der Waals surface area contributed by atoms with E-state index in [0.717, 1.165) is 22.0 Å². The minimum absolute atomic E-state index is 0.361. The molecule has 22 heavy (non-hydrogen) atoms. The van der Waals surface area contributed by atoms with Gasteiger partial charge in [0.25, 0.3) is 0 Å². The number of furan rings is 1. The molecule has 4 nitrogen and oxygen atoms in total. The Hall–Kier alpha value is -1.56. The average Bonchev–Trinajstić information content (AvgIpc) is 2.98. The SMILES string of the molecule is CC1(C)OB(C(=Cc2ccc3occc3c2)CN)OC1(C)C. The van der Waals surface area contributed by atoms with Gasteiger partial charge in [-0.15, -0.1) is 0 Å². The Labute approximate surface area is 131 Å². The maximum absolute atomic E-state index is 6.07. The molecule has 1 saturated heterocycles. The summed E-state index contributed by atoms with van der Waals surface area (Å²) in [6.45, 7) is 8.55. The highest BCUT2D eigenvalue weighted by atomic mass is 16.7. The number of rotatable bonds is 3. The molecule has 5 heteroatoms. The van der Waals surface area contributed by atoms with Gasteiger partial charge in [0.15, 0.2) is 0 Å². The van der Waals surface area contributed by atoms with Crippen molar-refractivity contribution in [3.05, 3.63) is 41.6 Å². The normalized spacial score (nSPS) is 20.8. The van der Waals surface area contributed by atoms with Crippen molar-refractivity contribution >= 4 is 24.2 Å². The van der Waals surface area contributed by atoms with Crippen LogP contribution in [0.25, 0.3) is 17.0 Å². The predicted molar refractivity (Wildman–Crippen MR) is 89.3 cm³/mol. The van der Waals surface area contributed by atoms with E-state index in [0.29, 0.717) is 6.54 Å². The van der Waals surface area contributed by atoms with Crippen LogP contribution in [0.1, 0.15) is 33.3 Å². The number of hydrogen-bond acceptors (Lipinski definition) is 4. The van der Waals surface area contributed by atoms with Crippen LogP contribution >= 0.6 is 0 Å². The number of nitrogens with two attached hydrogens (primary N) is 1. The molecule has 0 bridgehead atoms. The Morgan fingerprint density at radius 3 is 2.45 bits per heavy atom. The first kappa shape index (κ1) is 15.3. The van der Waals surface area contributed by atoms with Crippen molar-refractivity contribution in [2.24, 2.45) is 5.73 Å². The van der Waals surface area contributed by atoms with Gasteiger partial charge in [0, 0.05) is 11.9 Å². The van der Waals surface area contributed by atoms with Crippen molar-refractivity contribution in [2.75, 3.05) is 6.54 Å². The summed E-state index contributed by atoms with van der Waals surface area (Å²) in [4.78, 5) is 0. The number of benzene rings is 1. The molecule has 2 heterocycles. The van der Waals surface area contributed by atoms with E-state index in [1.54, 1.807) is 6.26 Å². The second kappa shape index (κ2) is 5.27. The van der Waals surface area contributed by atoms with E-state index < -0.39 is 7.12 Å². The van der Waals surface area contributed by atoms with Crippen LogP contribution in [0.5, 0.6) is 0 Å². The zero-order valence-corrected chi connectivity index (χ0v) is 13.6. The fourth-order valence-corrected chi connectivity index (χ4v) is 2.51. The molecule has 0 radical (unpaired) electrons. The van der Waals surface area contributed by atoms with E-state index in [9.17, 15) is 0 Å². The van der Waals surface area contributed by atoms with Crippen molar-refractivity contribution in [2.45, 2.75) is 38.9 Å². The third kappa shape index (κ3) is 2.60. The lowest BCUT2D eigenvalue weighted by atomic mass is 9.77. The van der Waals surface area contributed by atoms with Gasteiger partial charge < -0.3 is 19.5 Å². The smallest absolute Gasteiger partial charge is 0.464 e. The van der Waals surface area contributed by atoms with Gasteiger partial charge in [0.2, 0.25) is 0 Å². The molecule has 2 N–H and O–H groups in total. The highest BCUT2D eigenvalue weighted by Crippen LogP contribution is 2.38. The Morgan fingerprint density at radius 2 is 1.82 bits per heavy atom. The Morgan fingerprint density at radius 1 is 1.14 bits per heavy atom. The van der Waals surface area contributed by atoms with Crippen LogP contribution in [-0.2, 0) is 9.31 Å². The van der Waals surface area contributed by atoms with Gasteiger partial charge in [-0.05, 0) is 56.9 Å². The van der Waals surface area contributed by atoms with E-state index in [-0.39, 0.29) is 11.2 Å². The molecule has 0 aliphatic carbocycles. The van der Waals surface area contributed by atoms with Gasteiger partial charge in [0.1, 0.15) is 5.58 Å². The molecule has 0 spiro atoms. The van der Waals surface area contributed by atoms with Gasteiger partial charge in [-0.1, -0.05) is 12.1 Å². The summed E-state index contributed by atoms with van der Waals surface area (Å²) in [6, 6.07) is 7.98. The van der Waals surface area contributed by atoms with Gasteiger partial charge in [-0.2, -0.15) is 0 Å². The van der Waals surface area contributed by atoms with Crippen LogP contribution in [-0.4, -0.2) is 24.9 Å². The van der Waals surface area contributed by atoms with E-state index in [1.807, 2.05) is 52.0 Å². The first-order chi connectivity index (χ1) is 10.3. The van der Waals surface area contributed by atoms with Crippen LogP contribution in [0.2, 0.25) is 0 Å². The third-order valence-electron chi connectivity index (χ3n) is 4.62. The predicted octanol–water partition coefficient (Wildman–Crippen LogP) is 3.41. The standard InChI is InChI=1S/C17H22BNO3/c1-16(2)17(3,4)22-18(21-16)14(11-19)10-12-5-6-15-13(9-12)7-8-20-15/h5-10H,11,19H2,1-4H3. The number of hydrogen-bond donors (Lipinski definition) is 1. The van der Waals surface area contributed by atoms with E-state index in [1.165, 1.54) is 0 Å². The Balaban J connectivity index is 1.90. The van der Waals surface area contributed by atoms with Crippen LogP contribution in [0.15, 0.2) is 40.4 Å². The third-order valence-corrected chi connectivity index (χ3v) is 4.62. The van der Waals surface area contributed by atoms with Crippen LogP contribution < -0.4 is 5.73 Å². The second-order valence-corrected chi connectivity index (χ2v) is 6.73. The molecule has 1 aromatic heterocycles. The van der Waals surface area contributed by atoms with Crippen LogP contribution in [0, 0.1) is 0 Å². The molecule has 1 aromatic carbocycles. The largest absolute Gasteiger partial charge is 0.491 e. The first-order valence-electron chi connectivity index (χ1n) is 7.56. The van der Waals surface area contributed by atoms with Crippen LogP contribution in [0.4, 0.5) is 0 Å². The lowest BCUT2D eigenvalue weighted by Crippen LogP contribution is -2.41. The molecule has 1 aliphatic heterocycles. The van der Waals surface area contributed by atoms with Crippen molar-refractivity contribution in [1.29, 1.82) is 0 Å². The summed E-state index contributed by atoms with van der Waals surface area (Å²) in [5, 5.41) is 1.07. The Bertz CT molecular complexity index is 702. The van der Waals surface area contributed by atoms with Gasteiger partial charge >= 0.3 is 7.12 Å². The molecule has 0 unspecified atom stereocenters. The molecule has 3 rings (SSSR count). The zero-order chi connectivity index (χ0) is 16.0. The zero-order valence-electron chi connectivity index (χ0n) is 13.6. The lowest BCUT2D eigenvalue weighted by molar-refractivity contribution is 0.00578. The van der Waals surface area contributed by atoms with E-state index >= 15 is 0 Å². The van der Waals surface area contributed by atoms with Crippen molar-refractivity contribution in [3.63, 3.8) is 0 Å². The van der Waals surface area contributed by atoms with Gasteiger partial charge in [-0.3, -0.25) is 0 Å². The molecule has 2 aromatic rings. The molecular weight excluding hydrogens is 277 g/mol. The Kier molecular flexibility index (Phi) is 3.67. The molecule has 0 atom stereocenters. The maximum Gasteiger partial charge on any atom is 0.491 e. The second-order valence-electron chi connectivity index (χ2n) is 6.73. The summed E-state index contributed by atoms with van der Waals surface area (Å²) in [5.74, 6) is 0. The average molecular weight is 299 g/mol. The highest BCUT2D eigenvalue weighted by Gasteiger charge is 2.52. The molecule has 1 fully saturated rings.